The van der Waals surface area contributed by atoms with E-state index in [0.29, 0.717) is 4.83 Å². The average molecular weight is 319 g/mol. The molecule has 2 aromatic heterocycles. The fourth-order valence-corrected chi connectivity index (χ4v) is 3.34. The van der Waals surface area contributed by atoms with Crippen LogP contribution in [0.5, 0.6) is 0 Å². The number of halogens is 1. The van der Waals surface area contributed by atoms with Crippen molar-refractivity contribution >= 4 is 38.8 Å². The molecule has 0 fully saturated rings. The van der Waals surface area contributed by atoms with Crippen LogP contribution in [0.4, 0.5) is 0 Å². The van der Waals surface area contributed by atoms with Crippen LogP contribution in [-0.4, -0.2) is 19.8 Å². The molecular weight excluding hydrogens is 308 g/mol. The molecule has 2 heterocycles. The molecule has 0 radical (unpaired) electrons. The summed E-state index contributed by atoms with van der Waals surface area (Å²) in [6.45, 7) is 4.19. The maximum Gasteiger partial charge on any atom is 0.161 e. The van der Waals surface area contributed by atoms with Crippen LogP contribution in [0.3, 0.4) is 0 Å². The summed E-state index contributed by atoms with van der Waals surface area (Å²) in [7, 11) is 0. The predicted molar refractivity (Wildman–Crippen MR) is 70.1 cm³/mol. The Morgan fingerprint density at radius 3 is 2.75 bits per heavy atom. The highest BCUT2D eigenvalue weighted by Crippen LogP contribution is 2.34. The minimum Gasteiger partial charge on any atom is -0.142 e. The van der Waals surface area contributed by atoms with Gasteiger partial charge in [-0.3, -0.25) is 0 Å². The smallest absolute Gasteiger partial charge is 0.142 e. The van der Waals surface area contributed by atoms with Crippen molar-refractivity contribution in [3.05, 3.63) is 10.7 Å². The molecule has 2 rings (SSSR count). The van der Waals surface area contributed by atoms with Crippen LogP contribution in [0, 0.1) is 0 Å². The summed E-state index contributed by atoms with van der Waals surface area (Å²) in [5.41, 5.74) is 1.01. The second-order valence-corrected chi connectivity index (χ2v) is 6.09. The molecule has 0 aliphatic rings. The van der Waals surface area contributed by atoms with E-state index in [1.54, 1.807) is 11.3 Å². The third-order valence-corrected chi connectivity index (χ3v) is 5.49. The second-order valence-electron chi connectivity index (χ2n) is 3.22. The number of hydrogen-bond acceptors (Lipinski definition) is 6. The molecule has 1 atom stereocenters. The standard InChI is InChI=1S/C9H11BrN4S2/c1-3-5(10)8-12-13-9(15-8)7-6(4-2)11-14-16-7/h5H,3-4H2,1-2H3. The van der Waals surface area contributed by atoms with Crippen LogP contribution in [0.15, 0.2) is 0 Å². The zero-order valence-electron chi connectivity index (χ0n) is 8.97. The summed E-state index contributed by atoms with van der Waals surface area (Å²) < 4.78 is 3.96. The van der Waals surface area contributed by atoms with Gasteiger partial charge in [0.25, 0.3) is 0 Å². The van der Waals surface area contributed by atoms with Gasteiger partial charge in [-0.15, -0.1) is 15.3 Å². The van der Waals surface area contributed by atoms with E-state index in [4.69, 9.17) is 0 Å². The number of hydrogen-bond donors (Lipinski definition) is 0. The SMILES string of the molecule is CCc1nnsc1-c1nnc(C(Br)CC)s1. The van der Waals surface area contributed by atoms with Gasteiger partial charge in [-0.1, -0.05) is 45.6 Å². The lowest BCUT2D eigenvalue weighted by atomic mass is 10.3. The second kappa shape index (κ2) is 5.29. The lowest BCUT2D eigenvalue weighted by Crippen LogP contribution is -1.85. The highest BCUT2D eigenvalue weighted by Gasteiger charge is 2.16. The fourth-order valence-electron chi connectivity index (χ4n) is 1.23. The van der Waals surface area contributed by atoms with E-state index >= 15 is 0 Å². The molecule has 4 nitrogen and oxygen atoms in total. The van der Waals surface area contributed by atoms with Crippen LogP contribution in [0.2, 0.25) is 0 Å². The van der Waals surface area contributed by atoms with Gasteiger partial charge in [-0.2, -0.15) is 0 Å². The van der Waals surface area contributed by atoms with Crippen molar-refractivity contribution in [2.24, 2.45) is 0 Å². The van der Waals surface area contributed by atoms with Gasteiger partial charge >= 0.3 is 0 Å². The van der Waals surface area contributed by atoms with Gasteiger partial charge in [0, 0.05) is 0 Å². The van der Waals surface area contributed by atoms with Gasteiger partial charge in [-0.05, 0) is 24.4 Å². The van der Waals surface area contributed by atoms with Gasteiger partial charge in [0.05, 0.1) is 10.5 Å². The zero-order valence-corrected chi connectivity index (χ0v) is 12.2. The largest absolute Gasteiger partial charge is 0.161 e. The molecular formula is C9H11BrN4S2. The van der Waals surface area contributed by atoms with Crippen molar-refractivity contribution in [3.8, 4) is 9.88 Å². The van der Waals surface area contributed by atoms with E-state index in [2.05, 4.69) is 49.6 Å². The first-order chi connectivity index (χ1) is 7.76. The van der Waals surface area contributed by atoms with Gasteiger partial charge in [0.1, 0.15) is 9.88 Å². The van der Waals surface area contributed by atoms with Crippen LogP contribution in [0.25, 0.3) is 9.88 Å². The molecule has 0 aliphatic carbocycles. The molecule has 0 saturated heterocycles. The van der Waals surface area contributed by atoms with E-state index in [9.17, 15) is 0 Å². The van der Waals surface area contributed by atoms with Gasteiger partial charge in [-0.25, -0.2) is 0 Å². The maximum absolute atomic E-state index is 4.21. The number of alkyl halides is 1. The summed E-state index contributed by atoms with van der Waals surface area (Å²) in [6, 6.07) is 0. The Balaban J connectivity index is 2.31. The molecule has 0 bridgehead atoms. The summed E-state index contributed by atoms with van der Waals surface area (Å²) in [5.74, 6) is 0. The van der Waals surface area contributed by atoms with E-state index in [1.165, 1.54) is 11.5 Å². The molecule has 1 unspecified atom stereocenters. The summed E-state index contributed by atoms with van der Waals surface area (Å²) in [6.07, 6.45) is 1.89. The molecule has 0 spiro atoms. The van der Waals surface area contributed by atoms with Crippen molar-refractivity contribution in [2.45, 2.75) is 31.5 Å². The molecule has 0 aromatic carbocycles. The highest BCUT2D eigenvalue weighted by molar-refractivity contribution is 9.09. The predicted octanol–water partition coefficient (Wildman–Crippen LogP) is 3.47. The molecule has 0 amide bonds. The Morgan fingerprint density at radius 1 is 1.25 bits per heavy atom. The quantitative estimate of drug-likeness (QED) is 0.810. The third-order valence-electron chi connectivity index (χ3n) is 2.15. The van der Waals surface area contributed by atoms with Crippen molar-refractivity contribution < 1.29 is 0 Å². The fraction of sp³-hybridized carbons (Fsp3) is 0.556. The first-order valence-electron chi connectivity index (χ1n) is 5.05. The Kier molecular flexibility index (Phi) is 3.99. The molecule has 86 valence electrons. The van der Waals surface area contributed by atoms with E-state index in [1.807, 2.05) is 0 Å². The van der Waals surface area contributed by atoms with Crippen LogP contribution in [-0.2, 0) is 6.42 Å². The minimum absolute atomic E-state index is 0.296. The van der Waals surface area contributed by atoms with Crippen LogP contribution in [0.1, 0.15) is 35.8 Å². The van der Waals surface area contributed by atoms with Crippen molar-refractivity contribution in [1.29, 1.82) is 0 Å². The Morgan fingerprint density at radius 2 is 2.06 bits per heavy atom. The Hall–Kier alpha value is -0.400. The summed E-state index contributed by atoms with van der Waals surface area (Å²) >= 11 is 6.58. The number of nitrogens with zero attached hydrogens (tertiary/aromatic N) is 4. The third kappa shape index (κ3) is 2.31. The van der Waals surface area contributed by atoms with Crippen LogP contribution >= 0.6 is 38.8 Å². The molecule has 16 heavy (non-hydrogen) atoms. The lowest BCUT2D eigenvalue weighted by molar-refractivity contribution is 0.870. The van der Waals surface area contributed by atoms with Gasteiger partial charge < -0.3 is 0 Å². The van der Waals surface area contributed by atoms with Gasteiger partial charge in [0.2, 0.25) is 0 Å². The van der Waals surface area contributed by atoms with E-state index in [0.717, 1.165) is 33.4 Å². The summed E-state index contributed by atoms with van der Waals surface area (Å²) in [4.78, 5) is 1.35. The molecule has 7 heteroatoms. The van der Waals surface area contributed by atoms with E-state index < -0.39 is 0 Å². The van der Waals surface area contributed by atoms with Crippen molar-refractivity contribution in [1.82, 2.24) is 19.8 Å². The van der Waals surface area contributed by atoms with Crippen molar-refractivity contribution in [2.75, 3.05) is 0 Å². The topological polar surface area (TPSA) is 51.6 Å². The van der Waals surface area contributed by atoms with Crippen LogP contribution < -0.4 is 0 Å². The maximum atomic E-state index is 4.21. The van der Waals surface area contributed by atoms with Crippen molar-refractivity contribution in [3.63, 3.8) is 0 Å². The van der Waals surface area contributed by atoms with E-state index in [-0.39, 0.29) is 0 Å². The Bertz CT molecular complexity index is 468. The van der Waals surface area contributed by atoms with Gasteiger partial charge in [0.15, 0.2) is 5.01 Å². The lowest BCUT2D eigenvalue weighted by Gasteiger charge is -1.97. The molecule has 0 aliphatic heterocycles. The number of rotatable bonds is 4. The first-order valence-corrected chi connectivity index (χ1v) is 7.55. The normalized spacial score (nSPS) is 12.9. The zero-order chi connectivity index (χ0) is 11.5. The Labute approximate surface area is 110 Å². The molecule has 2 aromatic rings. The highest BCUT2D eigenvalue weighted by atomic mass is 79.9. The number of aryl methyl sites for hydroxylation is 1. The first kappa shape index (κ1) is 12.1. The average Bonchev–Trinajstić information content (AvgIpc) is 2.95. The molecule has 0 saturated carbocycles. The monoisotopic (exact) mass is 318 g/mol. The molecule has 0 N–H and O–H groups in total. The minimum atomic E-state index is 0.296. The summed E-state index contributed by atoms with van der Waals surface area (Å²) in [5, 5.41) is 14.4. The number of aromatic nitrogens is 4.